The molecule has 0 radical (unpaired) electrons. The Bertz CT molecular complexity index is 976. The lowest BCUT2D eigenvalue weighted by Crippen LogP contribution is -2.19. The van der Waals surface area contributed by atoms with Crippen LogP contribution in [0.5, 0.6) is 0 Å². The summed E-state index contributed by atoms with van der Waals surface area (Å²) in [4.78, 5) is 27.1. The van der Waals surface area contributed by atoms with Crippen LogP contribution < -0.4 is 11.0 Å². The Hall–Kier alpha value is -2.50. The summed E-state index contributed by atoms with van der Waals surface area (Å²) in [5, 5.41) is 3.48. The standard InChI is InChI=1S/C17H13Cl2N3O2/c1-10-9-20-17(24)22(10)15-5-3-2-4-14(15)21-16(23)11-6-7-12(18)13(19)8-11/h2-9H,1H3,(H,20,24)(H,21,23). The molecule has 2 aromatic carbocycles. The van der Waals surface area contributed by atoms with Gasteiger partial charge in [-0.2, -0.15) is 0 Å². The highest BCUT2D eigenvalue weighted by molar-refractivity contribution is 6.42. The van der Waals surface area contributed by atoms with Gasteiger partial charge in [-0.05, 0) is 37.3 Å². The van der Waals surface area contributed by atoms with Crippen LogP contribution >= 0.6 is 23.2 Å². The molecule has 0 spiro atoms. The number of rotatable bonds is 3. The molecule has 3 rings (SSSR count). The Morgan fingerprint density at radius 1 is 1.12 bits per heavy atom. The summed E-state index contributed by atoms with van der Waals surface area (Å²) in [6.07, 6.45) is 1.61. The molecule has 0 saturated heterocycles. The maximum atomic E-state index is 12.5. The first-order valence-electron chi connectivity index (χ1n) is 7.10. The molecule has 0 unspecified atom stereocenters. The smallest absolute Gasteiger partial charge is 0.320 e. The number of benzene rings is 2. The van der Waals surface area contributed by atoms with Gasteiger partial charge in [-0.15, -0.1) is 0 Å². The van der Waals surface area contributed by atoms with E-state index in [1.165, 1.54) is 10.6 Å². The Morgan fingerprint density at radius 2 is 1.88 bits per heavy atom. The summed E-state index contributed by atoms with van der Waals surface area (Å²) in [5.41, 5.74) is 1.92. The first kappa shape index (κ1) is 16.4. The van der Waals surface area contributed by atoms with Crippen LogP contribution in [0.3, 0.4) is 0 Å². The lowest BCUT2D eigenvalue weighted by atomic mass is 10.2. The molecule has 5 nitrogen and oxygen atoms in total. The monoisotopic (exact) mass is 361 g/mol. The average Bonchev–Trinajstić information content (AvgIpc) is 2.89. The van der Waals surface area contributed by atoms with Crippen LogP contribution in [-0.2, 0) is 0 Å². The van der Waals surface area contributed by atoms with Gasteiger partial charge in [-0.25, -0.2) is 4.79 Å². The van der Waals surface area contributed by atoms with Gasteiger partial charge in [0.2, 0.25) is 0 Å². The van der Waals surface area contributed by atoms with Crippen molar-refractivity contribution in [2.24, 2.45) is 0 Å². The first-order chi connectivity index (χ1) is 11.5. The number of aromatic amines is 1. The van der Waals surface area contributed by atoms with Gasteiger partial charge in [0.25, 0.3) is 5.91 Å². The highest BCUT2D eigenvalue weighted by Gasteiger charge is 2.13. The number of nitrogens with zero attached hydrogens (tertiary/aromatic N) is 1. The number of H-pyrrole nitrogens is 1. The van der Waals surface area contributed by atoms with Gasteiger partial charge in [-0.3, -0.25) is 9.36 Å². The Kier molecular flexibility index (Phi) is 4.46. The van der Waals surface area contributed by atoms with Crippen molar-refractivity contribution in [3.8, 4) is 5.69 Å². The Labute approximate surface area is 147 Å². The minimum Gasteiger partial charge on any atom is -0.320 e. The summed E-state index contributed by atoms with van der Waals surface area (Å²) >= 11 is 11.8. The fraction of sp³-hybridized carbons (Fsp3) is 0.0588. The van der Waals surface area contributed by atoms with Crippen LogP contribution in [-0.4, -0.2) is 15.5 Å². The molecular weight excluding hydrogens is 349 g/mol. The molecule has 0 saturated carbocycles. The second-order valence-corrected chi connectivity index (χ2v) is 5.99. The van der Waals surface area contributed by atoms with Gasteiger partial charge in [0.05, 0.1) is 21.4 Å². The molecule has 0 aliphatic heterocycles. The lowest BCUT2D eigenvalue weighted by Gasteiger charge is -2.12. The number of hydrogen-bond acceptors (Lipinski definition) is 2. The summed E-state index contributed by atoms with van der Waals surface area (Å²) in [6.45, 7) is 1.80. The van der Waals surface area contributed by atoms with E-state index in [4.69, 9.17) is 23.2 Å². The van der Waals surface area contributed by atoms with Gasteiger partial charge in [0.1, 0.15) is 0 Å². The largest absolute Gasteiger partial charge is 0.330 e. The molecular formula is C17H13Cl2N3O2. The molecule has 3 aromatic rings. The van der Waals surface area contributed by atoms with E-state index >= 15 is 0 Å². The minimum absolute atomic E-state index is 0.274. The number of hydrogen-bond donors (Lipinski definition) is 2. The fourth-order valence-corrected chi connectivity index (χ4v) is 2.66. The van der Waals surface area contributed by atoms with Crippen LogP contribution in [0.25, 0.3) is 5.69 Å². The van der Waals surface area contributed by atoms with Crippen molar-refractivity contribution in [1.82, 2.24) is 9.55 Å². The zero-order chi connectivity index (χ0) is 17.3. The van der Waals surface area contributed by atoms with Gasteiger partial charge in [0, 0.05) is 17.5 Å². The summed E-state index contributed by atoms with van der Waals surface area (Å²) < 4.78 is 1.49. The van der Waals surface area contributed by atoms with Crippen molar-refractivity contribution < 1.29 is 4.79 Å². The van der Waals surface area contributed by atoms with E-state index in [1.54, 1.807) is 49.5 Å². The number of amides is 1. The molecule has 0 aliphatic rings. The minimum atomic E-state index is -0.345. The van der Waals surface area contributed by atoms with E-state index in [0.29, 0.717) is 27.0 Å². The molecule has 0 bridgehead atoms. The van der Waals surface area contributed by atoms with E-state index in [1.807, 2.05) is 0 Å². The Morgan fingerprint density at radius 3 is 2.54 bits per heavy atom. The molecule has 24 heavy (non-hydrogen) atoms. The number of nitrogens with one attached hydrogen (secondary N) is 2. The topological polar surface area (TPSA) is 66.9 Å². The van der Waals surface area contributed by atoms with Crippen molar-refractivity contribution in [1.29, 1.82) is 0 Å². The number of carbonyl (C=O) groups excluding carboxylic acids is 1. The number of carbonyl (C=O) groups is 1. The van der Waals surface area contributed by atoms with Crippen LogP contribution in [0.1, 0.15) is 16.1 Å². The van der Waals surface area contributed by atoms with Gasteiger partial charge < -0.3 is 10.3 Å². The van der Waals surface area contributed by atoms with E-state index in [-0.39, 0.29) is 11.6 Å². The quantitative estimate of drug-likeness (QED) is 0.739. The second kappa shape index (κ2) is 6.55. The van der Waals surface area contributed by atoms with Gasteiger partial charge in [0.15, 0.2) is 0 Å². The van der Waals surface area contributed by atoms with E-state index in [0.717, 1.165) is 5.69 Å². The second-order valence-electron chi connectivity index (χ2n) is 5.17. The SMILES string of the molecule is Cc1c[nH]c(=O)n1-c1ccccc1NC(=O)c1ccc(Cl)c(Cl)c1. The molecule has 1 heterocycles. The number of para-hydroxylation sites is 2. The normalized spacial score (nSPS) is 10.6. The number of aryl methyl sites for hydroxylation is 1. The van der Waals surface area contributed by atoms with Crippen molar-refractivity contribution in [3.05, 3.63) is 80.4 Å². The third-order valence-electron chi connectivity index (χ3n) is 3.54. The van der Waals surface area contributed by atoms with Gasteiger partial charge >= 0.3 is 5.69 Å². The summed E-state index contributed by atoms with van der Waals surface area (Å²) in [7, 11) is 0. The number of imidazole rings is 1. The van der Waals surface area contributed by atoms with Crippen LogP contribution in [0.4, 0.5) is 5.69 Å². The van der Waals surface area contributed by atoms with Crippen molar-refractivity contribution in [2.45, 2.75) is 6.92 Å². The summed E-state index contributed by atoms with van der Waals surface area (Å²) in [6, 6.07) is 11.7. The van der Waals surface area contributed by atoms with E-state index in [9.17, 15) is 9.59 Å². The molecule has 2 N–H and O–H groups in total. The molecule has 0 fully saturated rings. The third-order valence-corrected chi connectivity index (χ3v) is 4.27. The zero-order valence-corrected chi connectivity index (χ0v) is 14.2. The molecule has 1 amide bonds. The highest BCUT2D eigenvalue weighted by atomic mass is 35.5. The molecule has 0 aliphatic carbocycles. The maximum absolute atomic E-state index is 12.5. The van der Waals surface area contributed by atoms with Crippen LogP contribution in [0.2, 0.25) is 10.0 Å². The number of anilines is 1. The van der Waals surface area contributed by atoms with E-state index < -0.39 is 0 Å². The maximum Gasteiger partial charge on any atom is 0.330 e. The third kappa shape index (κ3) is 3.09. The predicted octanol–water partition coefficient (Wildman–Crippen LogP) is 4.03. The van der Waals surface area contributed by atoms with Crippen molar-refractivity contribution >= 4 is 34.8 Å². The summed E-state index contributed by atoms with van der Waals surface area (Å²) in [5.74, 6) is -0.345. The molecule has 122 valence electrons. The molecule has 7 heteroatoms. The molecule has 0 atom stereocenters. The molecule has 1 aromatic heterocycles. The Balaban J connectivity index is 1.98. The number of halogens is 2. The zero-order valence-electron chi connectivity index (χ0n) is 12.6. The average molecular weight is 362 g/mol. The predicted molar refractivity (Wildman–Crippen MR) is 95.5 cm³/mol. The van der Waals surface area contributed by atoms with Crippen LogP contribution in [0.15, 0.2) is 53.5 Å². The van der Waals surface area contributed by atoms with Gasteiger partial charge in [-0.1, -0.05) is 35.3 Å². The van der Waals surface area contributed by atoms with E-state index in [2.05, 4.69) is 10.3 Å². The first-order valence-corrected chi connectivity index (χ1v) is 7.86. The fourth-order valence-electron chi connectivity index (χ4n) is 2.36. The van der Waals surface area contributed by atoms with Crippen molar-refractivity contribution in [3.63, 3.8) is 0 Å². The number of aromatic nitrogens is 2. The van der Waals surface area contributed by atoms with Crippen molar-refractivity contribution in [2.75, 3.05) is 5.32 Å². The lowest BCUT2D eigenvalue weighted by molar-refractivity contribution is 0.102. The highest BCUT2D eigenvalue weighted by Crippen LogP contribution is 2.24. The van der Waals surface area contributed by atoms with Crippen LogP contribution in [0, 0.1) is 6.92 Å².